The molecule has 62 heavy (non-hydrogen) atoms. The van der Waals surface area contributed by atoms with Crippen LogP contribution in [0, 0.1) is 0 Å². The number of hydrogen-bond acceptors (Lipinski definition) is 8. The van der Waals surface area contributed by atoms with Crippen molar-refractivity contribution < 1.29 is 42.7 Å². The molecule has 0 fully saturated rings. The quantitative estimate of drug-likeness (QED) is 0.0233. The third-order valence-electron chi connectivity index (χ3n) is 11.5. The van der Waals surface area contributed by atoms with Gasteiger partial charge in [-0.25, -0.2) is 4.57 Å². The molecule has 0 aliphatic carbocycles. The Bertz CT molecular complexity index is 1090. The molecule has 0 aromatic heterocycles. The third kappa shape index (κ3) is 46.4. The van der Waals surface area contributed by atoms with E-state index in [9.17, 15) is 19.0 Å². The molecule has 11 heteroatoms. The van der Waals surface area contributed by atoms with Gasteiger partial charge in [0.2, 0.25) is 0 Å². The SMILES string of the molecule is CCCCCC/C=C\C/C=C\CCCCCCCC(=O)OC(COCCCCCCCCCCCCCCCCCCCCCCCCCC)COP(=O)(O)OCC(N)C(=O)O. The molecule has 0 amide bonds. The average Bonchev–Trinajstić information content (AvgIpc) is 3.25. The van der Waals surface area contributed by atoms with E-state index in [1.807, 2.05) is 0 Å². The van der Waals surface area contributed by atoms with Crippen molar-refractivity contribution in [3.63, 3.8) is 0 Å². The molecule has 0 rings (SSSR count). The highest BCUT2D eigenvalue weighted by molar-refractivity contribution is 7.47. The summed E-state index contributed by atoms with van der Waals surface area (Å²) in [5, 5.41) is 8.92. The van der Waals surface area contributed by atoms with Gasteiger partial charge in [-0.3, -0.25) is 18.6 Å². The van der Waals surface area contributed by atoms with Crippen LogP contribution in [0.4, 0.5) is 0 Å². The molecular formula is C51H98NO9P. The number of hydrogen-bond donors (Lipinski definition) is 3. The number of aliphatic carboxylic acids is 1. The molecule has 10 nitrogen and oxygen atoms in total. The fraction of sp³-hybridized carbons (Fsp3) is 0.882. The number of unbranched alkanes of at least 4 members (excludes halogenated alkanes) is 32. The lowest BCUT2D eigenvalue weighted by atomic mass is 10.0. The molecule has 3 unspecified atom stereocenters. The van der Waals surface area contributed by atoms with Gasteiger partial charge < -0.3 is 25.2 Å². The van der Waals surface area contributed by atoms with Gasteiger partial charge in [-0.15, -0.1) is 0 Å². The smallest absolute Gasteiger partial charge is 0.472 e. The average molecular weight is 900 g/mol. The molecule has 0 aromatic rings. The van der Waals surface area contributed by atoms with E-state index in [4.69, 9.17) is 29.4 Å². The first-order chi connectivity index (χ1) is 30.2. The largest absolute Gasteiger partial charge is 0.480 e. The molecule has 0 bridgehead atoms. The number of carboxylic acids is 1. The van der Waals surface area contributed by atoms with Crippen LogP contribution >= 0.6 is 7.82 Å². The normalized spacial score (nSPS) is 13.9. The van der Waals surface area contributed by atoms with E-state index in [0.717, 1.165) is 57.8 Å². The van der Waals surface area contributed by atoms with Crippen molar-refractivity contribution in [2.45, 2.75) is 264 Å². The highest BCUT2D eigenvalue weighted by Crippen LogP contribution is 2.43. The standard InChI is InChI=1S/C51H98NO9P/c1-3-5-7-9-11-13-15-17-19-21-22-23-24-25-26-27-28-30-32-34-36-38-40-42-44-58-45-48(46-59-62(56,57)60-47-49(52)51(54)55)61-50(53)43-41-39-37-35-33-31-29-20-18-16-14-12-10-8-6-4-2/h14,16,20,29,48-49H,3-13,15,17-19,21-28,30-47,52H2,1-2H3,(H,54,55)(H,56,57)/b16-14-,29-20-. The Hall–Kier alpha value is -1.55. The van der Waals surface area contributed by atoms with Gasteiger partial charge in [-0.2, -0.15) is 0 Å². The maximum atomic E-state index is 12.7. The van der Waals surface area contributed by atoms with Crippen LogP contribution in [0.5, 0.6) is 0 Å². The van der Waals surface area contributed by atoms with E-state index < -0.39 is 45.1 Å². The summed E-state index contributed by atoms with van der Waals surface area (Å²) in [6.07, 6.45) is 53.9. The Morgan fingerprint density at radius 3 is 1.32 bits per heavy atom. The van der Waals surface area contributed by atoms with Gasteiger partial charge >= 0.3 is 19.8 Å². The molecule has 0 aliphatic rings. The van der Waals surface area contributed by atoms with Crippen molar-refractivity contribution in [2.24, 2.45) is 5.73 Å². The maximum absolute atomic E-state index is 12.7. The summed E-state index contributed by atoms with van der Waals surface area (Å²) in [5.74, 6) is -1.78. The van der Waals surface area contributed by atoms with Gasteiger partial charge in [-0.1, -0.05) is 224 Å². The lowest BCUT2D eigenvalue weighted by Crippen LogP contribution is -2.34. The number of phosphoric acid groups is 1. The first kappa shape index (κ1) is 60.5. The van der Waals surface area contributed by atoms with Crippen LogP contribution < -0.4 is 5.73 Å². The zero-order valence-corrected chi connectivity index (χ0v) is 41.1. The molecule has 0 saturated heterocycles. The van der Waals surface area contributed by atoms with Gasteiger partial charge in [0.25, 0.3) is 0 Å². The first-order valence-corrected chi connectivity index (χ1v) is 27.4. The molecule has 0 radical (unpaired) electrons. The molecule has 0 aromatic carbocycles. The van der Waals surface area contributed by atoms with Crippen LogP contribution in [0.2, 0.25) is 0 Å². The van der Waals surface area contributed by atoms with Crippen molar-refractivity contribution in [2.75, 3.05) is 26.4 Å². The van der Waals surface area contributed by atoms with Crippen LogP contribution in [-0.4, -0.2) is 60.5 Å². The molecule has 0 aliphatic heterocycles. The lowest BCUT2D eigenvalue weighted by Gasteiger charge is -2.20. The zero-order chi connectivity index (χ0) is 45.5. The molecular weight excluding hydrogens is 802 g/mol. The van der Waals surface area contributed by atoms with Gasteiger partial charge in [0.15, 0.2) is 0 Å². The van der Waals surface area contributed by atoms with Crippen LogP contribution in [0.25, 0.3) is 0 Å². The predicted molar refractivity (Wildman–Crippen MR) is 258 cm³/mol. The van der Waals surface area contributed by atoms with Crippen molar-refractivity contribution >= 4 is 19.8 Å². The van der Waals surface area contributed by atoms with Crippen LogP contribution in [0.3, 0.4) is 0 Å². The summed E-state index contributed by atoms with van der Waals surface area (Å²) in [5.41, 5.74) is 5.37. The summed E-state index contributed by atoms with van der Waals surface area (Å²) in [6, 6.07) is -1.47. The number of carboxylic acid groups (broad SMARTS) is 1. The van der Waals surface area contributed by atoms with Crippen LogP contribution in [0.1, 0.15) is 251 Å². The number of carbonyl (C=O) groups excluding carboxylic acids is 1. The molecule has 0 heterocycles. The molecule has 3 atom stereocenters. The van der Waals surface area contributed by atoms with Crippen molar-refractivity contribution in [1.82, 2.24) is 0 Å². The Balaban J connectivity index is 4.07. The number of rotatable bonds is 50. The molecule has 0 saturated carbocycles. The van der Waals surface area contributed by atoms with Crippen LogP contribution in [0.15, 0.2) is 24.3 Å². The van der Waals surface area contributed by atoms with Crippen molar-refractivity contribution in [1.29, 1.82) is 0 Å². The number of ether oxygens (including phenoxy) is 2. The van der Waals surface area contributed by atoms with Gasteiger partial charge in [-0.05, 0) is 44.9 Å². The monoisotopic (exact) mass is 900 g/mol. The second kappa shape index (κ2) is 47.4. The third-order valence-corrected chi connectivity index (χ3v) is 12.4. The van der Waals surface area contributed by atoms with Gasteiger partial charge in [0, 0.05) is 13.0 Å². The van der Waals surface area contributed by atoms with Crippen molar-refractivity contribution in [3.8, 4) is 0 Å². The first-order valence-electron chi connectivity index (χ1n) is 25.9. The molecule has 0 spiro atoms. The second-order valence-electron chi connectivity index (χ2n) is 17.7. The second-order valence-corrected chi connectivity index (χ2v) is 19.1. The minimum atomic E-state index is -4.62. The van der Waals surface area contributed by atoms with Gasteiger partial charge in [0.1, 0.15) is 12.1 Å². The Kier molecular flexibility index (Phi) is 46.2. The number of esters is 1. The molecule has 366 valence electrons. The summed E-state index contributed by atoms with van der Waals surface area (Å²) in [4.78, 5) is 33.6. The summed E-state index contributed by atoms with van der Waals surface area (Å²) < 4.78 is 33.5. The van der Waals surface area contributed by atoms with Crippen LogP contribution in [-0.2, 0) is 32.7 Å². The Labute approximate surface area is 381 Å². The topological polar surface area (TPSA) is 155 Å². The summed E-state index contributed by atoms with van der Waals surface area (Å²) in [6.45, 7) is 3.90. The zero-order valence-electron chi connectivity index (χ0n) is 40.2. The van der Waals surface area contributed by atoms with Gasteiger partial charge in [0.05, 0.1) is 19.8 Å². The van der Waals surface area contributed by atoms with E-state index in [-0.39, 0.29) is 13.0 Å². The van der Waals surface area contributed by atoms with E-state index in [2.05, 4.69) is 38.2 Å². The highest BCUT2D eigenvalue weighted by atomic mass is 31.2. The fourth-order valence-electron chi connectivity index (χ4n) is 7.46. The van der Waals surface area contributed by atoms with Crippen molar-refractivity contribution in [3.05, 3.63) is 24.3 Å². The van der Waals surface area contributed by atoms with E-state index in [1.54, 1.807) is 0 Å². The maximum Gasteiger partial charge on any atom is 0.472 e. The fourth-order valence-corrected chi connectivity index (χ4v) is 8.24. The lowest BCUT2D eigenvalue weighted by molar-refractivity contribution is -0.154. The Morgan fingerprint density at radius 1 is 0.516 bits per heavy atom. The van der Waals surface area contributed by atoms with E-state index >= 15 is 0 Å². The van der Waals surface area contributed by atoms with E-state index in [1.165, 1.54) is 167 Å². The summed E-state index contributed by atoms with van der Waals surface area (Å²) in [7, 11) is -4.62. The predicted octanol–water partition coefficient (Wildman–Crippen LogP) is 15.0. The number of carbonyl (C=O) groups is 2. The Morgan fingerprint density at radius 2 is 0.887 bits per heavy atom. The number of allylic oxidation sites excluding steroid dienone is 4. The minimum Gasteiger partial charge on any atom is -0.480 e. The highest BCUT2D eigenvalue weighted by Gasteiger charge is 2.27. The number of phosphoric ester groups is 1. The summed E-state index contributed by atoms with van der Waals surface area (Å²) >= 11 is 0. The number of nitrogens with two attached hydrogens (primary N) is 1. The van der Waals surface area contributed by atoms with E-state index in [0.29, 0.717) is 13.0 Å². The minimum absolute atomic E-state index is 0.0159. The molecule has 4 N–H and O–H groups in total.